The summed E-state index contributed by atoms with van der Waals surface area (Å²) >= 11 is 0.915. The van der Waals surface area contributed by atoms with Crippen LogP contribution in [0.4, 0.5) is 5.00 Å². The normalized spacial score (nSPS) is 18.4. The van der Waals surface area contributed by atoms with E-state index in [2.05, 4.69) is 5.09 Å². The van der Waals surface area contributed by atoms with Crippen LogP contribution in [-0.2, 0) is 36.7 Å². The minimum absolute atomic E-state index is 0.0551. The van der Waals surface area contributed by atoms with E-state index in [9.17, 15) is 24.3 Å². The summed E-state index contributed by atoms with van der Waals surface area (Å²) in [4.78, 5) is 40.1. The van der Waals surface area contributed by atoms with Crippen LogP contribution < -0.4 is 5.09 Å². The van der Waals surface area contributed by atoms with Gasteiger partial charge < -0.3 is 9.36 Å². The molecule has 31 heavy (non-hydrogen) atoms. The zero-order chi connectivity index (χ0) is 22.4. The molecule has 166 valence electrons. The third-order valence-electron chi connectivity index (χ3n) is 4.59. The number of piperidine rings is 1. The smallest absolute Gasteiger partial charge is 0.329 e. The van der Waals surface area contributed by atoms with Gasteiger partial charge in [0.15, 0.2) is 0 Å². The van der Waals surface area contributed by atoms with Gasteiger partial charge >= 0.3 is 11.0 Å². The largest absolute Gasteiger partial charge is 0.338 e. The summed E-state index contributed by atoms with van der Waals surface area (Å²) in [7, 11) is -3.77. The van der Waals surface area contributed by atoms with Gasteiger partial charge in [0.1, 0.15) is 5.66 Å². The van der Waals surface area contributed by atoms with Gasteiger partial charge in [0.25, 0.3) is 13.4 Å². The molecule has 1 aromatic carbocycles. The summed E-state index contributed by atoms with van der Waals surface area (Å²) in [6, 6.07) is 12.1. The number of benzene rings is 1. The summed E-state index contributed by atoms with van der Waals surface area (Å²) in [5, 5.41) is 14.7. The summed E-state index contributed by atoms with van der Waals surface area (Å²) in [6.07, 6.45) is 0.773. The number of nitrogens with one attached hydrogen (secondary N) is 1. The van der Waals surface area contributed by atoms with Crippen LogP contribution in [0.1, 0.15) is 30.2 Å². The van der Waals surface area contributed by atoms with Crippen molar-refractivity contribution in [3.63, 3.8) is 0 Å². The average molecular weight is 467 g/mol. The van der Waals surface area contributed by atoms with Crippen LogP contribution in [0.2, 0.25) is 0 Å². The van der Waals surface area contributed by atoms with E-state index in [0.29, 0.717) is 17.7 Å². The van der Waals surface area contributed by atoms with Crippen molar-refractivity contribution in [3.05, 3.63) is 63.0 Å². The molecule has 2 heterocycles. The van der Waals surface area contributed by atoms with Gasteiger partial charge in [-0.05, 0) is 24.5 Å². The number of carbonyl (C=O) groups is 2. The van der Waals surface area contributed by atoms with E-state index < -0.39 is 30.0 Å². The average Bonchev–Trinajstić information content (AvgIpc) is 3.22. The first-order valence-electron chi connectivity index (χ1n) is 9.55. The van der Waals surface area contributed by atoms with Gasteiger partial charge in [0.05, 0.1) is 18.1 Å². The molecule has 0 saturated carbocycles. The molecule has 1 N–H and O–H groups in total. The van der Waals surface area contributed by atoms with Gasteiger partial charge in [-0.15, -0.1) is 0 Å². The summed E-state index contributed by atoms with van der Waals surface area (Å²) in [6.45, 7) is 1.43. The van der Waals surface area contributed by atoms with Crippen LogP contribution in [0.25, 0.3) is 0 Å². The highest BCUT2D eigenvalue weighted by molar-refractivity contribution is 7.58. The molecule has 1 aliphatic heterocycles. The molecule has 1 aliphatic rings. The number of hydrogen-bond acceptors (Lipinski definition) is 8. The van der Waals surface area contributed by atoms with Gasteiger partial charge in [-0.25, -0.2) is 5.09 Å². The van der Waals surface area contributed by atoms with Crippen molar-refractivity contribution in [2.24, 2.45) is 0 Å². The van der Waals surface area contributed by atoms with Crippen LogP contribution in [-0.4, -0.2) is 34.1 Å². The highest BCUT2D eigenvalue weighted by Crippen LogP contribution is 2.52. The Hall–Kier alpha value is -2.59. The molecule has 12 heteroatoms. The minimum atomic E-state index is -3.77. The second kappa shape index (κ2) is 10.1. The molecule has 10 nitrogen and oxygen atoms in total. The van der Waals surface area contributed by atoms with Crippen molar-refractivity contribution < 1.29 is 28.4 Å². The van der Waals surface area contributed by atoms with Gasteiger partial charge in [-0.3, -0.25) is 24.3 Å². The fraction of sp³-hybridized carbons (Fsp3) is 0.368. The van der Waals surface area contributed by atoms with E-state index in [-0.39, 0.29) is 24.7 Å². The molecular formula is C19H22N3O7PS. The first-order valence-corrected chi connectivity index (χ1v) is 12.1. The lowest BCUT2D eigenvalue weighted by molar-refractivity contribution is -0.380. The lowest BCUT2D eigenvalue weighted by Crippen LogP contribution is -2.46. The maximum atomic E-state index is 13.8. The number of carbonyl (C=O) groups excluding carboxylic acids is 2. The second-order valence-corrected chi connectivity index (χ2v) is 10.4. The highest BCUT2D eigenvalue weighted by atomic mass is 32.1. The summed E-state index contributed by atoms with van der Waals surface area (Å²) in [5.74, 6) is -1.24. The quantitative estimate of drug-likeness (QED) is 0.336. The molecule has 0 radical (unpaired) electrons. The summed E-state index contributed by atoms with van der Waals surface area (Å²) in [5.41, 5.74) is -0.197. The maximum Gasteiger partial charge on any atom is 0.329 e. The monoisotopic (exact) mass is 467 g/mol. The zero-order valence-electron chi connectivity index (χ0n) is 16.8. The second-order valence-electron chi connectivity index (χ2n) is 6.87. The van der Waals surface area contributed by atoms with Gasteiger partial charge in [-0.1, -0.05) is 41.7 Å². The molecule has 1 amide bonds. The lowest BCUT2D eigenvalue weighted by atomic mass is 10.1. The molecule has 0 spiro atoms. The van der Waals surface area contributed by atoms with Crippen LogP contribution >= 0.6 is 18.9 Å². The Bertz CT molecular complexity index is 997. The fourth-order valence-electron chi connectivity index (χ4n) is 3.13. The van der Waals surface area contributed by atoms with E-state index in [0.717, 1.165) is 22.0 Å². The van der Waals surface area contributed by atoms with Crippen molar-refractivity contribution in [1.82, 2.24) is 10.2 Å². The molecule has 1 fully saturated rings. The first-order chi connectivity index (χ1) is 14.8. The summed E-state index contributed by atoms with van der Waals surface area (Å²) < 4.78 is 19.6. The van der Waals surface area contributed by atoms with Crippen molar-refractivity contribution >= 4 is 35.7 Å². The Labute approximate surface area is 182 Å². The number of hydrogen-bond donors (Lipinski definition) is 1. The topological polar surface area (TPSA) is 128 Å². The fourth-order valence-corrected chi connectivity index (χ4v) is 6.12. The molecular weight excluding hydrogens is 445 g/mol. The lowest BCUT2D eigenvalue weighted by Gasteiger charge is -2.34. The number of nitrogens with zero attached hydrogens (tertiary/aromatic N) is 2. The van der Waals surface area contributed by atoms with Crippen molar-refractivity contribution in [2.45, 2.75) is 38.6 Å². The molecule has 2 aromatic rings. The standard InChI is InChI=1S/C19H22N3O7PS/c1-14(23)29-21-11-5-8-17(19(21)24)30(27,20-12-15-6-3-2-4-7-15)28-13-16-9-10-18(31-16)22(25)26/h2-4,6-7,9-10,17H,5,8,11-13H2,1H3,(H,20,27). The molecule has 1 aromatic heterocycles. The number of hydroxylamine groups is 2. The molecule has 0 bridgehead atoms. The van der Waals surface area contributed by atoms with E-state index in [1.807, 2.05) is 30.3 Å². The number of nitro groups is 1. The Kier molecular flexibility index (Phi) is 7.55. The minimum Gasteiger partial charge on any atom is -0.338 e. The van der Waals surface area contributed by atoms with Crippen LogP contribution in [0.3, 0.4) is 0 Å². The van der Waals surface area contributed by atoms with E-state index >= 15 is 0 Å². The number of rotatable bonds is 9. The number of thiophene rings is 1. The van der Waals surface area contributed by atoms with Crippen LogP contribution in [0.15, 0.2) is 42.5 Å². The molecule has 3 rings (SSSR count). The zero-order valence-corrected chi connectivity index (χ0v) is 18.5. The van der Waals surface area contributed by atoms with E-state index in [4.69, 9.17) is 9.36 Å². The van der Waals surface area contributed by atoms with Gasteiger partial charge in [-0.2, -0.15) is 5.06 Å². The molecule has 1 saturated heterocycles. The predicted molar refractivity (Wildman–Crippen MR) is 113 cm³/mol. The highest BCUT2D eigenvalue weighted by Gasteiger charge is 2.45. The van der Waals surface area contributed by atoms with Crippen LogP contribution in [0, 0.1) is 10.1 Å². The Morgan fingerprint density at radius 1 is 1.32 bits per heavy atom. The third kappa shape index (κ3) is 5.98. The SMILES string of the molecule is CC(=O)ON1CCCC(P(=O)(NCc2ccccc2)OCc2ccc([N+](=O)[O-])s2)C1=O. The Morgan fingerprint density at radius 2 is 2.06 bits per heavy atom. The van der Waals surface area contributed by atoms with E-state index in [1.54, 1.807) is 0 Å². The molecule has 2 unspecified atom stereocenters. The molecule has 2 atom stereocenters. The Balaban J connectivity index is 1.80. The first kappa shape index (κ1) is 23.1. The predicted octanol–water partition coefficient (Wildman–Crippen LogP) is 3.62. The Morgan fingerprint density at radius 3 is 2.71 bits per heavy atom. The van der Waals surface area contributed by atoms with Gasteiger partial charge in [0, 0.05) is 24.4 Å². The third-order valence-corrected chi connectivity index (χ3v) is 8.01. The molecule has 0 aliphatic carbocycles. The van der Waals surface area contributed by atoms with Crippen molar-refractivity contribution in [2.75, 3.05) is 6.54 Å². The van der Waals surface area contributed by atoms with Crippen LogP contribution in [0.5, 0.6) is 0 Å². The van der Waals surface area contributed by atoms with Crippen molar-refractivity contribution in [1.29, 1.82) is 0 Å². The maximum absolute atomic E-state index is 13.8. The van der Waals surface area contributed by atoms with Crippen molar-refractivity contribution in [3.8, 4) is 0 Å². The number of amides is 1. The van der Waals surface area contributed by atoms with E-state index in [1.165, 1.54) is 19.1 Å². The van der Waals surface area contributed by atoms with Gasteiger partial charge in [0.2, 0.25) is 0 Å².